The van der Waals surface area contributed by atoms with Crippen LogP contribution in [0.3, 0.4) is 0 Å². The number of rotatable bonds is 5. The predicted molar refractivity (Wildman–Crippen MR) is 97.8 cm³/mol. The van der Waals surface area contributed by atoms with Crippen molar-refractivity contribution in [3.05, 3.63) is 42.3 Å². The van der Waals surface area contributed by atoms with E-state index in [1.165, 1.54) is 0 Å². The molecule has 2 heterocycles. The number of piperazine rings is 1. The number of anilines is 2. The van der Waals surface area contributed by atoms with Crippen LogP contribution >= 0.6 is 0 Å². The molecule has 0 bridgehead atoms. The fourth-order valence-electron chi connectivity index (χ4n) is 2.93. The van der Waals surface area contributed by atoms with Crippen LogP contribution in [0, 0.1) is 0 Å². The molecule has 0 saturated carbocycles. The zero-order chi connectivity index (χ0) is 17.6. The van der Waals surface area contributed by atoms with Crippen LogP contribution in [0.1, 0.15) is 12.6 Å². The van der Waals surface area contributed by atoms with Gasteiger partial charge in [0.15, 0.2) is 0 Å². The number of hydrogen-bond acceptors (Lipinski definition) is 5. The highest BCUT2D eigenvalue weighted by Crippen LogP contribution is 2.24. The monoisotopic (exact) mass is 343 g/mol. The van der Waals surface area contributed by atoms with Gasteiger partial charge in [-0.1, -0.05) is 17.3 Å². The van der Waals surface area contributed by atoms with Gasteiger partial charge < -0.3 is 19.6 Å². The van der Waals surface area contributed by atoms with Crippen LogP contribution in [0.15, 0.2) is 41.1 Å². The summed E-state index contributed by atoms with van der Waals surface area (Å²) in [7, 11) is 2.02. The van der Waals surface area contributed by atoms with Crippen molar-refractivity contribution in [3.8, 4) is 0 Å². The maximum atomic E-state index is 12.6. The molecule has 1 fully saturated rings. The highest BCUT2D eigenvalue weighted by molar-refractivity contribution is 5.93. The molecule has 0 aliphatic carbocycles. The van der Waals surface area contributed by atoms with Crippen LogP contribution in [-0.2, 0) is 6.54 Å². The van der Waals surface area contributed by atoms with E-state index in [9.17, 15) is 4.79 Å². The molecule has 134 valence electrons. The molecule has 0 radical (unpaired) electrons. The average molecular weight is 343 g/mol. The minimum atomic E-state index is -0.0435. The lowest BCUT2D eigenvalue weighted by atomic mass is 10.2. The minimum absolute atomic E-state index is 0.0435. The number of aromatic nitrogens is 1. The number of urea groups is 1. The Labute approximate surface area is 148 Å². The lowest BCUT2D eigenvalue weighted by Gasteiger charge is -2.34. The normalized spacial score (nSPS) is 15.2. The average Bonchev–Trinajstić information content (AvgIpc) is 3.15. The van der Waals surface area contributed by atoms with Gasteiger partial charge in [0.1, 0.15) is 6.26 Å². The topological polar surface area (TPSA) is 64.9 Å². The molecule has 0 atom stereocenters. The molecule has 1 N–H and O–H groups in total. The Morgan fingerprint density at radius 2 is 2.00 bits per heavy atom. The van der Waals surface area contributed by atoms with E-state index in [0.29, 0.717) is 13.1 Å². The molecule has 1 aromatic carbocycles. The van der Waals surface area contributed by atoms with Crippen molar-refractivity contribution in [1.29, 1.82) is 0 Å². The van der Waals surface area contributed by atoms with E-state index in [-0.39, 0.29) is 6.03 Å². The molecule has 7 heteroatoms. The van der Waals surface area contributed by atoms with Gasteiger partial charge in [-0.25, -0.2) is 4.79 Å². The Morgan fingerprint density at radius 3 is 2.68 bits per heavy atom. The smallest absolute Gasteiger partial charge is 0.321 e. The van der Waals surface area contributed by atoms with E-state index >= 15 is 0 Å². The zero-order valence-corrected chi connectivity index (χ0v) is 14.8. The van der Waals surface area contributed by atoms with Crippen LogP contribution < -0.4 is 10.2 Å². The molecule has 3 rings (SSSR count). The molecule has 1 aliphatic heterocycles. The number of hydrogen-bond donors (Lipinski definition) is 1. The van der Waals surface area contributed by atoms with Gasteiger partial charge in [-0.2, -0.15) is 0 Å². The number of carbonyl (C=O) groups is 1. The Kier molecular flexibility index (Phi) is 5.55. The van der Waals surface area contributed by atoms with E-state index in [1.54, 1.807) is 6.26 Å². The number of benzene rings is 1. The summed E-state index contributed by atoms with van der Waals surface area (Å²) in [6.07, 6.45) is 1.59. The molecular formula is C18H25N5O2. The lowest BCUT2D eigenvalue weighted by Crippen LogP contribution is -2.49. The van der Waals surface area contributed by atoms with Crippen LogP contribution in [0.2, 0.25) is 0 Å². The van der Waals surface area contributed by atoms with E-state index in [0.717, 1.165) is 43.2 Å². The van der Waals surface area contributed by atoms with Crippen molar-refractivity contribution < 1.29 is 9.32 Å². The molecule has 1 aromatic heterocycles. The Hall–Kier alpha value is -2.54. The number of nitrogens with one attached hydrogen (secondary N) is 1. The van der Waals surface area contributed by atoms with Crippen molar-refractivity contribution in [3.63, 3.8) is 0 Å². The van der Waals surface area contributed by atoms with Gasteiger partial charge in [0.05, 0.1) is 17.1 Å². The van der Waals surface area contributed by atoms with Crippen molar-refractivity contribution in [2.45, 2.75) is 13.5 Å². The van der Waals surface area contributed by atoms with Gasteiger partial charge in [-0.05, 0) is 19.1 Å². The van der Waals surface area contributed by atoms with Gasteiger partial charge in [0.2, 0.25) is 0 Å². The molecule has 7 nitrogen and oxygen atoms in total. The molecular weight excluding hydrogens is 318 g/mol. The summed E-state index contributed by atoms with van der Waals surface area (Å²) < 4.78 is 4.87. The zero-order valence-electron chi connectivity index (χ0n) is 14.8. The van der Waals surface area contributed by atoms with E-state index < -0.39 is 0 Å². The second-order valence-electron chi connectivity index (χ2n) is 6.22. The molecule has 1 aliphatic rings. The van der Waals surface area contributed by atoms with Crippen LogP contribution in [0.25, 0.3) is 0 Å². The van der Waals surface area contributed by atoms with Crippen LogP contribution in [0.4, 0.5) is 16.2 Å². The summed E-state index contributed by atoms with van der Waals surface area (Å²) >= 11 is 0. The van der Waals surface area contributed by atoms with Gasteiger partial charge in [0, 0.05) is 52.4 Å². The predicted octanol–water partition coefficient (Wildman–Crippen LogP) is 2.48. The standard InChI is InChI=1S/C18H25N5O2/c1-3-21(2)17-7-5-4-6-16(17)19-18(24)23-11-9-22(10-12-23)14-15-8-13-25-20-15/h4-8,13H,3,9-12,14H2,1-2H3,(H,19,24). The van der Waals surface area contributed by atoms with Crippen molar-refractivity contribution in [2.24, 2.45) is 0 Å². The Balaban J connectivity index is 1.55. The fraction of sp³-hybridized carbons (Fsp3) is 0.444. The summed E-state index contributed by atoms with van der Waals surface area (Å²) in [5.41, 5.74) is 2.80. The van der Waals surface area contributed by atoms with Crippen molar-refractivity contribution in [2.75, 3.05) is 50.0 Å². The SMILES string of the molecule is CCN(C)c1ccccc1NC(=O)N1CCN(Cc2ccon2)CC1. The summed E-state index contributed by atoms with van der Waals surface area (Å²) in [5, 5.41) is 7.00. The third-order valence-corrected chi connectivity index (χ3v) is 4.57. The minimum Gasteiger partial charge on any atom is -0.373 e. The quantitative estimate of drug-likeness (QED) is 0.903. The number of nitrogens with zero attached hydrogens (tertiary/aromatic N) is 4. The van der Waals surface area contributed by atoms with Gasteiger partial charge in [-0.15, -0.1) is 0 Å². The summed E-state index contributed by atoms with van der Waals surface area (Å²) in [6, 6.07) is 9.73. The Morgan fingerprint density at radius 1 is 1.24 bits per heavy atom. The maximum absolute atomic E-state index is 12.6. The van der Waals surface area contributed by atoms with Crippen LogP contribution in [-0.4, -0.2) is 60.8 Å². The molecule has 2 amide bonds. The Bertz CT molecular complexity index is 681. The first-order chi connectivity index (χ1) is 12.2. The first kappa shape index (κ1) is 17.3. The highest BCUT2D eigenvalue weighted by Gasteiger charge is 2.22. The van der Waals surface area contributed by atoms with Gasteiger partial charge in [0.25, 0.3) is 0 Å². The number of para-hydroxylation sites is 2. The molecule has 0 spiro atoms. The largest absolute Gasteiger partial charge is 0.373 e. The van der Waals surface area contributed by atoms with Crippen molar-refractivity contribution >= 4 is 17.4 Å². The van der Waals surface area contributed by atoms with E-state index in [2.05, 4.69) is 27.2 Å². The number of amides is 2. The maximum Gasteiger partial charge on any atom is 0.321 e. The second-order valence-corrected chi connectivity index (χ2v) is 6.22. The summed E-state index contributed by atoms with van der Waals surface area (Å²) in [5.74, 6) is 0. The molecule has 1 saturated heterocycles. The second kappa shape index (κ2) is 8.02. The van der Waals surface area contributed by atoms with Gasteiger partial charge in [-0.3, -0.25) is 4.90 Å². The summed E-state index contributed by atoms with van der Waals surface area (Å²) in [4.78, 5) is 18.9. The van der Waals surface area contributed by atoms with Gasteiger partial charge >= 0.3 is 6.03 Å². The third-order valence-electron chi connectivity index (χ3n) is 4.57. The third kappa shape index (κ3) is 4.30. The first-order valence-corrected chi connectivity index (χ1v) is 8.65. The first-order valence-electron chi connectivity index (χ1n) is 8.65. The fourth-order valence-corrected chi connectivity index (χ4v) is 2.93. The number of carbonyl (C=O) groups excluding carboxylic acids is 1. The van der Waals surface area contributed by atoms with E-state index in [4.69, 9.17) is 4.52 Å². The summed E-state index contributed by atoms with van der Waals surface area (Å²) in [6.45, 7) is 6.80. The molecule has 2 aromatic rings. The lowest BCUT2D eigenvalue weighted by molar-refractivity contribution is 0.141. The van der Waals surface area contributed by atoms with Crippen molar-refractivity contribution in [1.82, 2.24) is 15.0 Å². The van der Waals surface area contributed by atoms with Crippen LogP contribution in [0.5, 0.6) is 0 Å². The van der Waals surface area contributed by atoms with E-state index in [1.807, 2.05) is 42.3 Å². The highest BCUT2D eigenvalue weighted by atomic mass is 16.5. The molecule has 25 heavy (non-hydrogen) atoms. The molecule has 0 unspecified atom stereocenters.